The first-order valence-corrected chi connectivity index (χ1v) is 6.32. The molecule has 0 aliphatic carbocycles. The van der Waals surface area contributed by atoms with E-state index >= 15 is 0 Å². The van der Waals surface area contributed by atoms with Crippen molar-refractivity contribution in [3.8, 4) is 0 Å². The summed E-state index contributed by atoms with van der Waals surface area (Å²) < 4.78 is 24.9. The van der Waals surface area contributed by atoms with Crippen molar-refractivity contribution in [2.24, 2.45) is 0 Å². The minimum atomic E-state index is -2.52. The Kier molecular flexibility index (Phi) is 3.96. The van der Waals surface area contributed by atoms with Crippen LogP contribution >= 0.6 is 11.8 Å². The number of hydrogen-bond acceptors (Lipinski definition) is 3. The highest BCUT2D eigenvalue weighted by Crippen LogP contribution is 2.22. The fourth-order valence-corrected chi connectivity index (χ4v) is 2.49. The van der Waals surface area contributed by atoms with Crippen molar-refractivity contribution in [1.29, 1.82) is 0 Å². The van der Waals surface area contributed by atoms with Crippen LogP contribution in [-0.2, 0) is 4.79 Å². The molecule has 92 valence electrons. The molecule has 0 saturated carbocycles. The lowest BCUT2D eigenvalue weighted by Gasteiger charge is -2.11. The van der Waals surface area contributed by atoms with Gasteiger partial charge in [-0.05, 0) is 12.1 Å². The van der Waals surface area contributed by atoms with Crippen molar-refractivity contribution in [3.63, 3.8) is 0 Å². The molecule has 0 radical (unpaired) electrons. The lowest BCUT2D eigenvalue weighted by Crippen LogP contribution is -2.37. The van der Waals surface area contributed by atoms with Crippen molar-refractivity contribution in [2.75, 3.05) is 16.9 Å². The third kappa shape index (κ3) is 3.17. The van der Waals surface area contributed by atoms with Crippen LogP contribution in [0.2, 0.25) is 0 Å². The molecule has 1 amide bonds. The zero-order chi connectivity index (χ0) is 12.3. The van der Waals surface area contributed by atoms with E-state index in [4.69, 9.17) is 0 Å². The van der Waals surface area contributed by atoms with Crippen LogP contribution < -0.4 is 10.6 Å². The van der Waals surface area contributed by atoms with E-state index in [-0.39, 0.29) is 17.5 Å². The number of thioether (sulfide) groups is 1. The Morgan fingerprint density at radius 2 is 2.35 bits per heavy atom. The predicted molar refractivity (Wildman–Crippen MR) is 64.3 cm³/mol. The Morgan fingerprint density at radius 1 is 1.53 bits per heavy atom. The summed E-state index contributed by atoms with van der Waals surface area (Å²) in [5.74, 6) is 1.27. The maximum absolute atomic E-state index is 12.5. The number of hydrogen-bond donors (Lipinski definition) is 2. The Labute approximate surface area is 102 Å². The van der Waals surface area contributed by atoms with Gasteiger partial charge < -0.3 is 5.32 Å². The number of anilines is 1. The summed E-state index contributed by atoms with van der Waals surface area (Å²) in [7, 11) is 0. The molecule has 1 atom stereocenters. The maximum atomic E-state index is 12.5. The minimum Gasteiger partial charge on any atom is -0.325 e. The Morgan fingerprint density at radius 3 is 3.00 bits per heavy atom. The first-order chi connectivity index (χ1) is 8.16. The SMILES string of the molecule is O=C(Nc1cccc(C(F)F)c1)C1CSCN1. The van der Waals surface area contributed by atoms with Gasteiger partial charge in [-0.1, -0.05) is 12.1 Å². The van der Waals surface area contributed by atoms with Crippen LogP contribution in [-0.4, -0.2) is 23.6 Å². The van der Waals surface area contributed by atoms with Crippen molar-refractivity contribution in [2.45, 2.75) is 12.5 Å². The molecule has 1 fully saturated rings. The minimum absolute atomic E-state index is 0.0865. The van der Waals surface area contributed by atoms with Gasteiger partial charge >= 0.3 is 0 Å². The molecule has 2 rings (SSSR count). The fraction of sp³-hybridized carbons (Fsp3) is 0.364. The van der Waals surface area contributed by atoms with Gasteiger partial charge in [0, 0.05) is 22.9 Å². The Bertz CT molecular complexity index is 408. The average molecular weight is 258 g/mol. The van der Waals surface area contributed by atoms with Crippen LogP contribution in [0.25, 0.3) is 0 Å². The summed E-state index contributed by atoms with van der Waals surface area (Å²) in [5.41, 5.74) is 0.322. The normalized spacial score (nSPS) is 19.6. The smallest absolute Gasteiger partial charge is 0.263 e. The van der Waals surface area contributed by atoms with Gasteiger partial charge in [-0.15, -0.1) is 11.8 Å². The van der Waals surface area contributed by atoms with Gasteiger partial charge in [0.05, 0.1) is 6.04 Å². The molecule has 0 spiro atoms. The lowest BCUT2D eigenvalue weighted by molar-refractivity contribution is -0.117. The number of benzene rings is 1. The number of carbonyl (C=O) groups is 1. The standard InChI is InChI=1S/C11H12F2N2OS/c12-10(13)7-2-1-3-8(4-7)15-11(16)9-5-17-6-14-9/h1-4,9-10,14H,5-6H2,(H,15,16). The van der Waals surface area contributed by atoms with Gasteiger partial charge in [0.2, 0.25) is 5.91 Å². The second-order valence-corrected chi connectivity index (χ2v) is 4.72. The van der Waals surface area contributed by atoms with E-state index in [2.05, 4.69) is 10.6 Å². The summed E-state index contributed by atoms with van der Waals surface area (Å²) in [6.07, 6.45) is -2.52. The van der Waals surface area contributed by atoms with Gasteiger partial charge in [-0.2, -0.15) is 0 Å². The van der Waals surface area contributed by atoms with Gasteiger partial charge in [0.25, 0.3) is 6.43 Å². The summed E-state index contributed by atoms with van der Waals surface area (Å²) in [6, 6.07) is 5.50. The molecule has 1 aliphatic heterocycles. The van der Waals surface area contributed by atoms with Gasteiger partial charge in [0.1, 0.15) is 0 Å². The van der Waals surface area contributed by atoms with E-state index in [0.29, 0.717) is 11.4 Å². The molecule has 1 aromatic carbocycles. The maximum Gasteiger partial charge on any atom is 0.263 e. The highest BCUT2D eigenvalue weighted by Gasteiger charge is 2.22. The van der Waals surface area contributed by atoms with Crippen LogP contribution in [0.4, 0.5) is 14.5 Å². The molecule has 1 aromatic rings. The average Bonchev–Trinajstić information content (AvgIpc) is 2.82. The van der Waals surface area contributed by atoms with Gasteiger partial charge in [-0.3, -0.25) is 10.1 Å². The summed E-state index contributed by atoms with van der Waals surface area (Å²) in [5, 5.41) is 5.65. The van der Waals surface area contributed by atoms with Crippen LogP contribution in [0.3, 0.4) is 0 Å². The van der Waals surface area contributed by atoms with Crippen LogP contribution in [0, 0.1) is 0 Å². The zero-order valence-electron chi connectivity index (χ0n) is 8.95. The van der Waals surface area contributed by atoms with Gasteiger partial charge in [-0.25, -0.2) is 8.78 Å². The third-order valence-corrected chi connectivity index (χ3v) is 3.38. The molecule has 3 nitrogen and oxygen atoms in total. The van der Waals surface area contributed by atoms with E-state index in [1.54, 1.807) is 17.8 Å². The molecule has 0 bridgehead atoms. The first-order valence-electron chi connectivity index (χ1n) is 5.17. The van der Waals surface area contributed by atoms with E-state index in [9.17, 15) is 13.6 Å². The van der Waals surface area contributed by atoms with Crippen LogP contribution in [0.1, 0.15) is 12.0 Å². The van der Waals surface area contributed by atoms with E-state index < -0.39 is 6.43 Å². The van der Waals surface area contributed by atoms with Crippen LogP contribution in [0.15, 0.2) is 24.3 Å². The number of halogens is 2. The molecule has 1 aliphatic rings. The third-order valence-electron chi connectivity index (χ3n) is 2.44. The van der Waals surface area contributed by atoms with Crippen molar-refractivity contribution >= 4 is 23.4 Å². The molecular weight excluding hydrogens is 246 g/mol. The number of nitrogens with one attached hydrogen (secondary N) is 2. The zero-order valence-corrected chi connectivity index (χ0v) is 9.77. The highest BCUT2D eigenvalue weighted by molar-refractivity contribution is 7.99. The second kappa shape index (κ2) is 5.46. The number of carbonyl (C=O) groups excluding carboxylic acids is 1. The predicted octanol–water partition coefficient (Wildman–Crippen LogP) is 2.23. The molecule has 1 heterocycles. The number of rotatable bonds is 3. The van der Waals surface area contributed by atoms with Crippen LogP contribution in [0.5, 0.6) is 0 Å². The van der Waals surface area contributed by atoms with Crippen molar-refractivity contribution in [1.82, 2.24) is 5.32 Å². The summed E-state index contributed by atoms with van der Waals surface area (Å²) in [6.45, 7) is 0. The highest BCUT2D eigenvalue weighted by atomic mass is 32.2. The van der Waals surface area contributed by atoms with Gasteiger partial charge in [0.15, 0.2) is 0 Å². The molecular formula is C11H12F2N2OS. The van der Waals surface area contributed by atoms with E-state index in [1.807, 2.05) is 0 Å². The monoisotopic (exact) mass is 258 g/mol. The number of alkyl halides is 2. The molecule has 0 aromatic heterocycles. The van der Waals surface area contributed by atoms with E-state index in [1.165, 1.54) is 18.2 Å². The topological polar surface area (TPSA) is 41.1 Å². The first kappa shape index (κ1) is 12.3. The Balaban J connectivity index is 2.02. The molecule has 6 heteroatoms. The summed E-state index contributed by atoms with van der Waals surface area (Å²) >= 11 is 1.64. The molecule has 2 N–H and O–H groups in total. The number of amides is 1. The van der Waals surface area contributed by atoms with Crippen molar-refractivity contribution < 1.29 is 13.6 Å². The largest absolute Gasteiger partial charge is 0.325 e. The molecule has 1 unspecified atom stereocenters. The molecule has 17 heavy (non-hydrogen) atoms. The quantitative estimate of drug-likeness (QED) is 0.873. The molecule has 1 saturated heterocycles. The van der Waals surface area contributed by atoms with Crippen molar-refractivity contribution in [3.05, 3.63) is 29.8 Å². The Hall–Kier alpha value is -1.14. The lowest BCUT2D eigenvalue weighted by atomic mass is 10.2. The summed E-state index contributed by atoms with van der Waals surface area (Å²) in [4.78, 5) is 11.7. The van der Waals surface area contributed by atoms with E-state index in [0.717, 1.165) is 5.88 Å². The second-order valence-electron chi connectivity index (χ2n) is 3.69. The fourth-order valence-electron chi connectivity index (χ4n) is 1.55.